The number of nitrogens with zero attached hydrogens (tertiary/aromatic N) is 2. The van der Waals surface area contributed by atoms with Crippen LogP contribution in [-0.4, -0.2) is 38.8 Å². The summed E-state index contributed by atoms with van der Waals surface area (Å²) in [6, 6.07) is 9.91. The fourth-order valence-corrected chi connectivity index (χ4v) is 4.33. The minimum atomic E-state index is 0.141. The van der Waals surface area contributed by atoms with Crippen molar-refractivity contribution in [2.45, 2.75) is 44.5 Å². The van der Waals surface area contributed by atoms with E-state index in [0.717, 1.165) is 59.1 Å². The SMILES string of the molecule is Cc1cc(C(=O)CSc2nc3ccccc3[nH]2)c(C)n1C[C@@H]1CCCO1. The highest BCUT2D eigenvalue weighted by Gasteiger charge is 2.21. The lowest BCUT2D eigenvalue weighted by molar-refractivity contribution is 0.0957. The van der Waals surface area contributed by atoms with Crippen LogP contribution in [0.2, 0.25) is 0 Å². The highest BCUT2D eigenvalue weighted by Crippen LogP contribution is 2.24. The highest BCUT2D eigenvalue weighted by molar-refractivity contribution is 7.99. The first kappa shape index (κ1) is 17.4. The molecule has 2 aromatic heterocycles. The van der Waals surface area contributed by atoms with Crippen LogP contribution in [0.25, 0.3) is 11.0 Å². The predicted molar refractivity (Wildman–Crippen MR) is 104 cm³/mol. The molecule has 1 aromatic carbocycles. The number of imidazole rings is 1. The Bertz CT molecular complexity index is 905. The zero-order valence-corrected chi connectivity index (χ0v) is 15.9. The molecule has 5 nitrogen and oxygen atoms in total. The maximum absolute atomic E-state index is 12.7. The number of benzene rings is 1. The zero-order chi connectivity index (χ0) is 18.1. The van der Waals surface area contributed by atoms with Gasteiger partial charge in [0, 0.05) is 30.1 Å². The molecule has 1 aliphatic heterocycles. The van der Waals surface area contributed by atoms with E-state index in [0.29, 0.717) is 5.75 Å². The molecule has 6 heteroatoms. The van der Waals surface area contributed by atoms with Crippen LogP contribution < -0.4 is 0 Å². The second-order valence-corrected chi connectivity index (χ2v) is 7.77. The lowest BCUT2D eigenvalue weighted by Gasteiger charge is -2.14. The second-order valence-electron chi connectivity index (χ2n) is 6.80. The number of thioether (sulfide) groups is 1. The number of hydrogen-bond acceptors (Lipinski definition) is 4. The van der Waals surface area contributed by atoms with E-state index in [1.54, 1.807) is 0 Å². The van der Waals surface area contributed by atoms with Crippen LogP contribution in [0.3, 0.4) is 0 Å². The van der Waals surface area contributed by atoms with Crippen LogP contribution >= 0.6 is 11.8 Å². The summed E-state index contributed by atoms with van der Waals surface area (Å²) >= 11 is 1.46. The molecule has 3 heterocycles. The topological polar surface area (TPSA) is 59.9 Å². The van der Waals surface area contributed by atoms with Crippen molar-refractivity contribution in [3.05, 3.63) is 47.3 Å². The molecular weight excluding hydrogens is 346 g/mol. The van der Waals surface area contributed by atoms with Crippen molar-refractivity contribution in [2.75, 3.05) is 12.4 Å². The summed E-state index contributed by atoms with van der Waals surface area (Å²) in [5.41, 5.74) is 4.89. The van der Waals surface area contributed by atoms with Crippen LogP contribution in [0, 0.1) is 13.8 Å². The first-order valence-electron chi connectivity index (χ1n) is 9.01. The molecule has 0 amide bonds. The summed E-state index contributed by atoms with van der Waals surface area (Å²) in [5, 5.41) is 0.785. The lowest BCUT2D eigenvalue weighted by atomic mass is 10.2. The van der Waals surface area contributed by atoms with Gasteiger partial charge >= 0.3 is 0 Å². The molecule has 136 valence electrons. The Morgan fingerprint density at radius 3 is 3.00 bits per heavy atom. The molecule has 1 saturated heterocycles. The molecule has 0 aliphatic carbocycles. The average molecular weight is 369 g/mol. The molecule has 3 aromatic rings. The van der Waals surface area contributed by atoms with Gasteiger partial charge < -0.3 is 14.3 Å². The lowest BCUT2D eigenvalue weighted by Crippen LogP contribution is -2.17. The summed E-state index contributed by atoms with van der Waals surface area (Å²) in [7, 11) is 0. The normalized spacial score (nSPS) is 17.2. The molecule has 0 unspecified atom stereocenters. The number of H-pyrrole nitrogens is 1. The Kier molecular flexibility index (Phi) is 4.87. The second kappa shape index (κ2) is 7.29. The number of fused-ring (bicyclic) bond motifs is 1. The Hall–Kier alpha value is -2.05. The molecule has 1 aliphatic rings. The van der Waals surface area contributed by atoms with E-state index in [2.05, 4.69) is 21.5 Å². The number of carbonyl (C=O) groups excluding carboxylic acids is 1. The molecule has 1 fully saturated rings. The number of aromatic amines is 1. The average Bonchev–Trinajstić information content (AvgIpc) is 3.35. The van der Waals surface area contributed by atoms with E-state index < -0.39 is 0 Å². The molecule has 1 atom stereocenters. The Balaban J connectivity index is 1.45. The van der Waals surface area contributed by atoms with E-state index in [4.69, 9.17) is 4.74 Å². The van der Waals surface area contributed by atoms with Crippen LogP contribution in [0.1, 0.15) is 34.6 Å². The molecule has 4 rings (SSSR count). The highest BCUT2D eigenvalue weighted by atomic mass is 32.2. The van der Waals surface area contributed by atoms with Crippen molar-refractivity contribution in [1.29, 1.82) is 0 Å². The van der Waals surface area contributed by atoms with Crippen molar-refractivity contribution in [2.24, 2.45) is 0 Å². The number of nitrogens with one attached hydrogen (secondary N) is 1. The summed E-state index contributed by atoms with van der Waals surface area (Å²) < 4.78 is 7.97. The van der Waals surface area contributed by atoms with Gasteiger partial charge in [-0.2, -0.15) is 0 Å². The van der Waals surface area contributed by atoms with E-state index >= 15 is 0 Å². The number of Topliss-reactive ketones (excluding diaryl/α,β-unsaturated/α-hetero) is 1. The molecule has 0 radical (unpaired) electrons. The number of para-hydroxylation sites is 2. The monoisotopic (exact) mass is 369 g/mol. The van der Waals surface area contributed by atoms with Gasteiger partial charge in [0.25, 0.3) is 0 Å². The number of ketones is 1. The van der Waals surface area contributed by atoms with Gasteiger partial charge in [0.15, 0.2) is 10.9 Å². The Morgan fingerprint density at radius 2 is 2.23 bits per heavy atom. The van der Waals surface area contributed by atoms with Crippen LogP contribution in [0.4, 0.5) is 0 Å². The third kappa shape index (κ3) is 3.44. The van der Waals surface area contributed by atoms with Crippen LogP contribution in [0.15, 0.2) is 35.5 Å². The smallest absolute Gasteiger partial charge is 0.175 e. The summed E-state index contributed by atoms with van der Waals surface area (Å²) in [6.07, 6.45) is 2.50. The van der Waals surface area contributed by atoms with Crippen LogP contribution in [-0.2, 0) is 11.3 Å². The zero-order valence-electron chi connectivity index (χ0n) is 15.1. The maximum atomic E-state index is 12.7. The minimum Gasteiger partial charge on any atom is -0.376 e. The number of hydrogen-bond donors (Lipinski definition) is 1. The molecule has 0 saturated carbocycles. The molecule has 26 heavy (non-hydrogen) atoms. The first-order valence-corrected chi connectivity index (χ1v) is 9.99. The van der Waals surface area contributed by atoms with E-state index in [1.165, 1.54) is 11.8 Å². The van der Waals surface area contributed by atoms with E-state index in [1.807, 2.05) is 37.3 Å². The quantitative estimate of drug-likeness (QED) is 0.524. The fraction of sp³-hybridized carbons (Fsp3) is 0.400. The third-order valence-electron chi connectivity index (χ3n) is 4.99. The number of aryl methyl sites for hydroxylation is 1. The maximum Gasteiger partial charge on any atom is 0.175 e. The Labute approximate surface area is 157 Å². The summed E-state index contributed by atoms with van der Waals surface area (Å²) in [6.45, 7) is 5.78. The number of ether oxygens (including phenoxy) is 1. The standard InChI is InChI=1S/C20H23N3O2S/c1-13-10-16(14(2)23(13)11-15-6-5-9-25-15)19(24)12-26-20-21-17-7-3-4-8-18(17)22-20/h3-4,7-8,10,15H,5-6,9,11-12H2,1-2H3,(H,21,22)/t15-/m0/s1. The van der Waals surface area contributed by atoms with Crippen molar-refractivity contribution in [3.8, 4) is 0 Å². The van der Waals surface area contributed by atoms with Crippen molar-refractivity contribution in [3.63, 3.8) is 0 Å². The van der Waals surface area contributed by atoms with Gasteiger partial charge in [0.1, 0.15) is 0 Å². The van der Waals surface area contributed by atoms with Gasteiger partial charge in [-0.15, -0.1) is 0 Å². The number of carbonyl (C=O) groups is 1. The number of rotatable bonds is 6. The first-order chi connectivity index (χ1) is 12.6. The van der Waals surface area contributed by atoms with Gasteiger partial charge in [-0.05, 0) is 44.9 Å². The van der Waals surface area contributed by atoms with E-state index in [9.17, 15) is 4.79 Å². The fourth-order valence-electron chi connectivity index (χ4n) is 3.57. The molecule has 0 spiro atoms. The molecule has 0 bridgehead atoms. The number of aromatic nitrogens is 3. The van der Waals surface area contributed by atoms with Crippen LogP contribution in [0.5, 0.6) is 0 Å². The third-order valence-corrected chi connectivity index (χ3v) is 5.87. The summed E-state index contributed by atoms with van der Waals surface area (Å²) in [5.74, 6) is 0.520. The minimum absolute atomic E-state index is 0.141. The largest absolute Gasteiger partial charge is 0.376 e. The van der Waals surface area contributed by atoms with Gasteiger partial charge in [0.05, 0.1) is 22.9 Å². The predicted octanol–water partition coefficient (Wildman–Crippen LogP) is 4.14. The van der Waals surface area contributed by atoms with Gasteiger partial charge in [-0.25, -0.2) is 4.98 Å². The molecular formula is C20H23N3O2S. The van der Waals surface area contributed by atoms with Gasteiger partial charge in [-0.1, -0.05) is 23.9 Å². The van der Waals surface area contributed by atoms with Gasteiger partial charge in [-0.3, -0.25) is 4.79 Å². The van der Waals surface area contributed by atoms with Crippen molar-refractivity contribution in [1.82, 2.24) is 14.5 Å². The van der Waals surface area contributed by atoms with E-state index in [-0.39, 0.29) is 11.9 Å². The van der Waals surface area contributed by atoms with Gasteiger partial charge in [0.2, 0.25) is 0 Å². The summed E-state index contributed by atoms with van der Waals surface area (Å²) in [4.78, 5) is 20.5. The van der Waals surface area contributed by atoms with Crippen molar-refractivity contribution >= 4 is 28.6 Å². The Morgan fingerprint density at radius 1 is 1.38 bits per heavy atom. The van der Waals surface area contributed by atoms with Crippen molar-refractivity contribution < 1.29 is 9.53 Å². The molecule has 1 N–H and O–H groups in total.